The standard InChI is InChI=1S/C12H18BrNO2S/c1-2-16-8-10(15)6-14-4-3-9-5-12(13)17-11(9)7-14/h5,10,15H,2-4,6-8H2,1H3/t10-/m0/s1. The second kappa shape index (κ2) is 6.29. The van der Waals surface area contributed by atoms with Crippen LogP contribution in [0, 0.1) is 0 Å². The summed E-state index contributed by atoms with van der Waals surface area (Å²) in [5.41, 5.74) is 1.46. The summed E-state index contributed by atoms with van der Waals surface area (Å²) in [6, 6.07) is 2.22. The maximum absolute atomic E-state index is 9.81. The molecule has 0 unspecified atom stereocenters. The van der Waals surface area contributed by atoms with Crippen molar-refractivity contribution in [2.45, 2.75) is 26.0 Å². The molecule has 2 rings (SSSR count). The molecule has 1 aromatic heterocycles. The van der Waals surface area contributed by atoms with Crippen LogP contribution in [0.25, 0.3) is 0 Å². The van der Waals surface area contributed by atoms with Crippen LogP contribution in [0.1, 0.15) is 17.4 Å². The molecule has 3 nitrogen and oxygen atoms in total. The second-order valence-electron chi connectivity index (χ2n) is 4.30. The monoisotopic (exact) mass is 319 g/mol. The van der Waals surface area contributed by atoms with Crippen molar-refractivity contribution in [3.63, 3.8) is 0 Å². The molecule has 5 heteroatoms. The predicted octanol–water partition coefficient (Wildman–Crippen LogP) is 2.27. The maximum Gasteiger partial charge on any atom is 0.0900 e. The smallest absolute Gasteiger partial charge is 0.0900 e. The highest BCUT2D eigenvalue weighted by molar-refractivity contribution is 9.11. The summed E-state index contributed by atoms with van der Waals surface area (Å²) in [4.78, 5) is 3.72. The Balaban J connectivity index is 1.85. The lowest BCUT2D eigenvalue weighted by molar-refractivity contribution is 0.0189. The lowest BCUT2D eigenvalue weighted by Gasteiger charge is -2.28. The molecule has 1 N–H and O–H groups in total. The molecule has 0 aromatic carbocycles. The summed E-state index contributed by atoms with van der Waals surface area (Å²) < 4.78 is 6.44. The summed E-state index contributed by atoms with van der Waals surface area (Å²) in [7, 11) is 0. The molecule has 1 aliphatic rings. The van der Waals surface area contributed by atoms with Crippen LogP contribution >= 0.6 is 27.3 Å². The Labute approximate surface area is 115 Å². The summed E-state index contributed by atoms with van der Waals surface area (Å²) in [6.07, 6.45) is 0.707. The molecule has 0 saturated carbocycles. The molecule has 0 amide bonds. The van der Waals surface area contributed by atoms with Gasteiger partial charge < -0.3 is 9.84 Å². The normalized spacial score (nSPS) is 18.1. The van der Waals surface area contributed by atoms with E-state index in [9.17, 15) is 5.11 Å². The van der Waals surface area contributed by atoms with Crippen molar-refractivity contribution >= 4 is 27.3 Å². The largest absolute Gasteiger partial charge is 0.389 e. The quantitative estimate of drug-likeness (QED) is 0.903. The zero-order valence-electron chi connectivity index (χ0n) is 9.99. The van der Waals surface area contributed by atoms with Gasteiger partial charge in [-0.1, -0.05) is 0 Å². The summed E-state index contributed by atoms with van der Waals surface area (Å²) in [5.74, 6) is 0. The number of aliphatic hydroxyl groups excluding tert-OH is 1. The second-order valence-corrected chi connectivity index (χ2v) is 6.81. The predicted molar refractivity (Wildman–Crippen MR) is 73.5 cm³/mol. The number of thiophene rings is 1. The Morgan fingerprint density at radius 1 is 1.65 bits per heavy atom. The Bertz CT molecular complexity index is 369. The fourth-order valence-electron chi connectivity index (χ4n) is 2.10. The molecule has 0 spiro atoms. The molecule has 0 bridgehead atoms. The summed E-state index contributed by atoms with van der Waals surface area (Å²) >= 11 is 5.33. The van der Waals surface area contributed by atoms with Gasteiger partial charge >= 0.3 is 0 Å². The Kier molecular flexibility index (Phi) is 4.99. The van der Waals surface area contributed by atoms with E-state index in [-0.39, 0.29) is 6.10 Å². The topological polar surface area (TPSA) is 32.7 Å². The van der Waals surface area contributed by atoms with E-state index in [1.165, 1.54) is 14.2 Å². The van der Waals surface area contributed by atoms with E-state index in [0.29, 0.717) is 19.8 Å². The molecule has 1 aliphatic heterocycles. The van der Waals surface area contributed by atoms with Crippen molar-refractivity contribution in [1.82, 2.24) is 4.90 Å². The molecule has 1 aromatic rings. The highest BCUT2D eigenvalue weighted by Gasteiger charge is 2.20. The maximum atomic E-state index is 9.81. The van der Waals surface area contributed by atoms with E-state index in [2.05, 4.69) is 26.9 Å². The van der Waals surface area contributed by atoms with E-state index in [1.54, 1.807) is 11.3 Å². The molecule has 0 saturated heterocycles. The fourth-order valence-corrected chi connectivity index (χ4v) is 3.94. The SMILES string of the molecule is CCOC[C@@H](O)CN1CCc2cc(Br)sc2C1. The van der Waals surface area contributed by atoms with Gasteiger partial charge in [-0.2, -0.15) is 0 Å². The Hall–Kier alpha value is 0.0600. The number of rotatable bonds is 5. The molecule has 96 valence electrons. The number of aliphatic hydroxyl groups is 1. The minimum Gasteiger partial charge on any atom is -0.389 e. The van der Waals surface area contributed by atoms with Gasteiger partial charge in [-0.25, -0.2) is 0 Å². The van der Waals surface area contributed by atoms with Gasteiger partial charge in [0.05, 0.1) is 16.5 Å². The number of ether oxygens (including phenoxy) is 1. The van der Waals surface area contributed by atoms with Crippen molar-refractivity contribution < 1.29 is 9.84 Å². The highest BCUT2D eigenvalue weighted by atomic mass is 79.9. The van der Waals surface area contributed by atoms with Crippen LogP contribution < -0.4 is 0 Å². The summed E-state index contributed by atoms with van der Waals surface area (Å²) in [5, 5.41) is 9.81. The molecule has 2 heterocycles. The van der Waals surface area contributed by atoms with Crippen molar-refractivity contribution in [2.75, 3.05) is 26.3 Å². The zero-order valence-corrected chi connectivity index (χ0v) is 12.4. The minimum absolute atomic E-state index is 0.375. The van der Waals surface area contributed by atoms with Crippen LogP contribution in [0.2, 0.25) is 0 Å². The molecule has 0 aliphatic carbocycles. The number of nitrogens with zero attached hydrogens (tertiary/aromatic N) is 1. The first-order valence-corrected chi connectivity index (χ1v) is 7.55. The first-order valence-electron chi connectivity index (χ1n) is 5.94. The van der Waals surface area contributed by atoms with Crippen molar-refractivity contribution in [3.8, 4) is 0 Å². The van der Waals surface area contributed by atoms with E-state index in [4.69, 9.17) is 4.74 Å². The van der Waals surface area contributed by atoms with Crippen LogP contribution in [0.15, 0.2) is 9.85 Å². The molecule has 0 radical (unpaired) electrons. The number of hydrogen-bond donors (Lipinski definition) is 1. The molecule has 17 heavy (non-hydrogen) atoms. The lowest BCUT2D eigenvalue weighted by Crippen LogP contribution is -2.37. The van der Waals surface area contributed by atoms with E-state index in [1.807, 2.05) is 6.92 Å². The van der Waals surface area contributed by atoms with Crippen molar-refractivity contribution in [2.24, 2.45) is 0 Å². The highest BCUT2D eigenvalue weighted by Crippen LogP contribution is 2.31. The molecular weight excluding hydrogens is 302 g/mol. The van der Waals surface area contributed by atoms with E-state index >= 15 is 0 Å². The van der Waals surface area contributed by atoms with Crippen LogP contribution in [0.5, 0.6) is 0 Å². The Morgan fingerprint density at radius 2 is 2.47 bits per heavy atom. The third kappa shape index (κ3) is 3.76. The number of fused-ring (bicyclic) bond motifs is 1. The number of β-amino-alcohol motifs (C(OH)–C–C–N with tert-alkyl or cyclic N) is 1. The lowest BCUT2D eigenvalue weighted by atomic mass is 10.1. The van der Waals surface area contributed by atoms with Crippen molar-refractivity contribution in [3.05, 3.63) is 20.3 Å². The molecule has 0 fully saturated rings. The van der Waals surface area contributed by atoms with Gasteiger partial charge in [0.25, 0.3) is 0 Å². The molecule has 1 atom stereocenters. The Morgan fingerprint density at radius 3 is 3.24 bits per heavy atom. The van der Waals surface area contributed by atoms with Gasteiger partial charge in [0.1, 0.15) is 0 Å². The zero-order chi connectivity index (χ0) is 12.3. The fraction of sp³-hybridized carbons (Fsp3) is 0.667. The first-order chi connectivity index (χ1) is 8.19. The van der Waals surface area contributed by atoms with Gasteiger partial charge in [0.2, 0.25) is 0 Å². The van der Waals surface area contributed by atoms with Gasteiger partial charge in [0, 0.05) is 31.1 Å². The third-order valence-electron chi connectivity index (χ3n) is 2.91. The first kappa shape index (κ1) is 13.5. The van der Waals surface area contributed by atoms with Crippen LogP contribution in [-0.2, 0) is 17.7 Å². The average Bonchev–Trinajstić information content (AvgIpc) is 2.65. The van der Waals surface area contributed by atoms with Gasteiger partial charge in [0.15, 0.2) is 0 Å². The van der Waals surface area contributed by atoms with E-state index in [0.717, 1.165) is 19.5 Å². The third-order valence-corrected chi connectivity index (χ3v) is 4.58. The number of hydrogen-bond acceptors (Lipinski definition) is 4. The van der Waals surface area contributed by atoms with Crippen LogP contribution in [0.3, 0.4) is 0 Å². The van der Waals surface area contributed by atoms with Crippen molar-refractivity contribution in [1.29, 1.82) is 0 Å². The van der Waals surface area contributed by atoms with Gasteiger partial charge in [-0.15, -0.1) is 11.3 Å². The van der Waals surface area contributed by atoms with E-state index < -0.39 is 0 Å². The molecular formula is C12H18BrNO2S. The summed E-state index contributed by atoms with van der Waals surface area (Å²) in [6.45, 7) is 5.74. The van der Waals surface area contributed by atoms with Crippen LogP contribution in [-0.4, -0.2) is 42.4 Å². The average molecular weight is 320 g/mol. The van der Waals surface area contributed by atoms with Crippen LogP contribution in [0.4, 0.5) is 0 Å². The minimum atomic E-state index is -0.375. The van der Waals surface area contributed by atoms with Gasteiger partial charge in [-0.05, 0) is 40.9 Å². The number of halogens is 1. The van der Waals surface area contributed by atoms with Gasteiger partial charge in [-0.3, -0.25) is 4.90 Å².